The number of ether oxygens (including phenoxy) is 1. The van der Waals surface area contributed by atoms with Crippen LogP contribution in [0.25, 0.3) is 0 Å². The monoisotopic (exact) mass is 216 g/mol. The SMILES string of the molecule is CC(C)(C)c1ccc2c(c1)CC1(COC1)C2. The van der Waals surface area contributed by atoms with Crippen molar-refractivity contribution in [2.75, 3.05) is 13.2 Å². The van der Waals surface area contributed by atoms with Crippen LogP contribution in [-0.2, 0) is 23.0 Å². The van der Waals surface area contributed by atoms with Crippen LogP contribution in [0.15, 0.2) is 18.2 Å². The van der Waals surface area contributed by atoms with Gasteiger partial charge in [-0.25, -0.2) is 0 Å². The molecule has 0 aromatic heterocycles. The number of hydrogen-bond acceptors (Lipinski definition) is 1. The summed E-state index contributed by atoms with van der Waals surface area (Å²) in [6.45, 7) is 8.78. The third-order valence-corrected chi connectivity index (χ3v) is 4.02. The maximum absolute atomic E-state index is 5.39. The average Bonchev–Trinajstić information content (AvgIpc) is 2.53. The van der Waals surface area contributed by atoms with Gasteiger partial charge in [0.1, 0.15) is 0 Å². The van der Waals surface area contributed by atoms with E-state index in [9.17, 15) is 0 Å². The lowest BCUT2D eigenvalue weighted by Gasteiger charge is -2.37. The van der Waals surface area contributed by atoms with E-state index in [2.05, 4.69) is 39.0 Å². The molecule has 1 aromatic rings. The molecule has 0 radical (unpaired) electrons. The highest BCUT2D eigenvalue weighted by atomic mass is 16.5. The van der Waals surface area contributed by atoms with E-state index in [1.807, 2.05) is 0 Å². The van der Waals surface area contributed by atoms with Gasteiger partial charge in [0.05, 0.1) is 13.2 Å². The van der Waals surface area contributed by atoms with Crippen LogP contribution in [0.4, 0.5) is 0 Å². The smallest absolute Gasteiger partial charge is 0.0551 e. The van der Waals surface area contributed by atoms with E-state index in [1.165, 1.54) is 18.4 Å². The zero-order chi connectivity index (χ0) is 11.4. The van der Waals surface area contributed by atoms with E-state index in [0.717, 1.165) is 13.2 Å². The molecular formula is C15H20O. The van der Waals surface area contributed by atoms with Crippen LogP contribution in [0, 0.1) is 5.41 Å². The van der Waals surface area contributed by atoms with Gasteiger partial charge in [-0.2, -0.15) is 0 Å². The summed E-state index contributed by atoms with van der Waals surface area (Å²) >= 11 is 0. The van der Waals surface area contributed by atoms with Gasteiger partial charge in [0.2, 0.25) is 0 Å². The van der Waals surface area contributed by atoms with E-state index in [0.29, 0.717) is 5.41 Å². The molecule has 1 heterocycles. The van der Waals surface area contributed by atoms with Crippen LogP contribution in [0.2, 0.25) is 0 Å². The summed E-state index contributed by atoms with van der Waals surface area (Å²) in [6, 6.07) is 7.06. The summed E-state index contributed by atoms with van der Waals surface area (Å²) in [5, 5.41) is 0. The van der Waals surface area contributed by atoms with E-state index in [-0.39, 0.29) is 5.41 Å². The molecule has 0 N–H and O–H groups in total. The molecule has 1 nitrogen and oxygen atoms in total. The first-order valence-electron chi connectivity index (χ1n) is 6.19. The molecule has 1 heteroatoms. The predicted molar refractivity (Wildman–Crippen MR) is 65.8 cm³/mol. The zero-order valence-corrected chi connectivity index (χ0v) is 10.5. The number of benzene rings is 1. The average molecular weight is 216 g/mol. The molecule has 1 aliphatic heterocycles. The molecule has 0 unspecified atom stereocenters. The molecule has 1 spiro atoms. The van der Waals surface area contributed by atoms with Crippen LogP contribution >= 0.6 is 0 Å². The molecule has 0 atom stereocenters. The molecule has 0 saturated carbocycles. The van der Waals surface area contributed by atoms with Crippen molar-refractivity contribution in [2.45, 2.75) is 39.0 Å². The van der Waals surface area contributed by atoms with Gasteiger partial charge < -0.3 is 4.74 Å². The molecule has 2 aliphatic rings. The van der Waals surface area contributed by atoms with E-state index in [1.54, 1.807) is 11.1 Å². The maximum atomic E-state index is 5.39. The Morgan fingerprint density at radius 3 is 2.31 bits per heavy atom. The minimum atomic E-state index is 0.265. The Balaban J connectivity index is 1.94. The Hall–Kier alpha value is -0.820. The fraction of sp³-hybridized carbons (Fsp3) is 0.600. The van der Waals surface area contributed by atoms with Crippen molar-refractivity contribution >= 4 is 0 Å². The van der Waals surface area contributed by atoms with Crippen LogP contribution in [0.5, 0.6) is 0 Å². The van der Waals surface area contributed by atoms with Gasteiger partial charge in [-0.05, 0) is 34.9 Å². The fourth-order valence-corrected chi connectivity index (χ4v) is 2.89. The first-order chi connectivity index (χ1) is 7.49. The molecule has 86 valence electrons. The minimum absolute atomic E-state index is 0.265. The van der Waals surface area contributed by atoms with Gasteiger partial charge in [-0.3, -0.25) is 0 Å². The summed E-state index contributed by atoms with van der Waals surface area (Å²) in [5.41, 5.74) is 5.32. The fourth-order valence-electron chi connectivity index (χ4n) is 2.89. The highest BCUT2D eigenvalue weighted by molar-refractivity contribution is 5.40. The molecular weight excluding hydrogens is 196 g/mol. The zero-order valence-electron chi connectivity index (χ0n) is 10.5. The summed E-state index contributed by atoms with van der Waals surface area (Å²) in [5.74, 6) is 0. The van der Waals surface area contributed by atoms with Crippen molar-refractivity contribution in [1.82, 2.24) is 0 Å². The topological polar surface area (TPSA) is 9.23 Å². The number of rotatable bonds is 0. The second kappa shape index (κ2) is 3.10. The highest BCUT2D eigenvalue weighted by Gasteiger charge is 2.43. The first kappa shape index (κ1) is 10.3. The van der Waals surface area contributed by atoms with Crippen molar-refractivity contribution in [2.24, 2.45) is 5.41 Å². The largest absolute Gasteiger partial charge is 0.380 e. The standard InChI is InChI=1S/C15H20O/c1-14(2,3)13-5-4-11-7-15(9-16-10-15)8-12(11)6-13/h4-6H,7-10H2,1-3H3. The number of fused-ring (bicyclic) bond motifs is 1. The Labute approximate surface area is 97.8 Å². The molecule has 3 rings (SSSR count). The molecule has 1 fully saturated rings. The summed E-state index contributed by atoms with van der Waals surface area (Å²) in [6.07, 6.45) is 2.46. The molecule has 0 bridgehead atoms. The van der Waals surface area contributed by atoms with Crippen molar-refractivity contribution in [3.05, 3.63) is 34.9 Å². The maximum Gasteiger partial charge on any atom is 0.0551 e. The van der Waals surface area contributed by atoms with E-state index >= 15 is 0 Å². The van der Waals surface area contributed by atoms with Gasteiger partial charge in [-0.1, -0.05) is 39.0 Å². The lowest BCUT2D eigenvalue weighted by Crippen LogP contribution is -2.43. The van der Waals surface area contributed by atoms with Crippen molar-refractivity contribution in [1.29, 1.82) is 0 Å². The quantitative estimate of drug-likeness (QED) is 0.647. The van der Waals surface area contributed by atoms with Crippen LogP contribution < -0.4 is 0 Å². The van der Waals surface area contributed by atoms with Crippen molar-refractivity contribution < 1.29 is 4.74 Å². The van der Waals surface area contributed by atoms with Gasteiger partial charge in [-0.15, -0.1) is 0 Å². The first-order valence-corrected chi connectivity index (χ1v) is 6.19. The molecule has 16 heavy (non-hydrogen) atoms. The normalized spacial score (nSPS) is 21.9. The predicted octanol–water partition coefficient (Wildman–Crippen LogP) is 3.10. The molecule has 1 saturated heterocycles. The minimum Gasteiger partial charge on any atom is -0.380 e. The van der Waals surface area contributed by atoms with E-state index in [4.69, 9.17) is 4.74 Å². The summed E-state index contributed by atoms with van der Waals surface area (Å²) < 4.78 is 5.39. The second-order valence-electron chi connectivity index (χ2n) is 6.58. The molecule has 0 amide bonds. The van der Waals surface area contributed by atoms with Gasteiger partial charge in [0, 0.05) is 5.41 Å². The third kappa shape index (κ3) is 1.49. The van der Waals surface area contributed by atoms with Gasteiger partial charge in [0.25, 0.3) is 0 Å². The highest BCUT2D eigenvalue weighted by Crippen LogP contribution is 2.43. The molecule has 1 aliphatic carbocycles. The third-order valence-electron chi connectivity index (χ3n) is 4.02. The Morgan fingerprint density at radius 2 is 1.75 bits per heavy atom. The van der Waals surface area contributed by atoms with Gasteiger partial charge in [0.15, 0.2) is 0 Å². The van der Waals surface area contributed by atoms with Crippen molar-refractivity contribution in [3.63, 3.8) is 0 Å². The molecule has 1 aromatic carbocycles. The van der Waals surface area contributed by atoms with Crippen molar-refractivity contribution in [3.8, 4) is 0 Å². The summed E-state index contributed by atoms with van der Waals surface area (Å²) in [4.78, 5) is 0. The van der Waals surface area contributed by atoms with Crippen LogP contribution in [-0.4, -0.2) is 13.2 Å². The van der Waals surface area contributed by atoms with E-state index < -0.39 is 0 Å². The van der Waals surface area contributed by atoms with Gasteiger partial charge >= 0.3 is 0 Å². The second-order valence-corrected chi connectivity index (χ2v) is 6.58. The number of hydrogen-bond donors (Lipinski definition) is 0. The Kier molecular flexibility index (Phi) is 2.00. The van der Waals surface area contributed by atoms with Crippen LogP contribution in [0.3, 0.4) is 0 Å². The van der Waals surface area contributed by atoms with Crippen LogP contribution in [0.1, 0.15) is 37.5 Å². The summed E-state index contributed by atoms with van der Waals surface area (Å²) in [7, 11) is 0. The lowest BCUT2D eigenvalue weighted by molar-refractivity contribution is -0.106. The Bertz CT molecular complexity index is 422. The lowest BCUT2D eigenvalue weighted by atomic mass is 9.83. The Morgan fingerprint density at radius 1 is 1.06 bits per heavy atom.